The van der Waals surface area contributed by atoms with Gasteiger partial charge in [-0.1, -0.05) is 23.7 Å². The van der Waals surface area contributed by atoms with Crippen LogP contribution in [0, 0.1) is 5.92 Å². The summed E-state index contributed by atoms with van der Waals surface area (Å²) in [5, 5.41) is 9.91. The number of imidazole rings is 1. The van der Waals surface area contributed by atoms with E-state index in [1.165, 1.54) is 25.3 Å². The highest BCUT2D eigenvalue weighted by atomic mass is 35.5. The number of hydrogen-bond acceptors (Lipinski definition) is 5. The molecule has 9 heteroatoms. The number of hydrogen-bond donors (Lipinski definition) is 3. The fourth-order valence-electron chi connectivity index (χ4n) is 4.79. The number of aromatic nitrogens is 3. The van der Waals surface area contributed by atoms with Crippen LogP contribution in [0.25, 0.3) is 5.65 Å². The molecule has 3 aromatic heterocycles. The van der Waals surface area contributed by atoms with E-state index in [0.29, 0.717) is 23.3 Å². The minimum absolute atomic E-state index is 0.0352. The average Bonchev–Trinajstić information content (AvgIpc) is 3.79. The third kappa shape index (κ3) is 5.29. The lowest BCUT2D eigenvalue weighted by molar-refractivity contribution is -0.117. The Hall–Kier alpha value is -3.91. The van der Waals surface area contributed by atoms with Crippen molar-refractivity contribution in [3.63, 3.8) is 0 Å². The van der Waals surface area contributed by atoms with Gasteiger partial charge in [-0.3, -0.25) is 9.59 Å². The van der Waals surface area contributed by atoms with Crippen LogP contribution in [0.3, 0.4) is 0 Å². The van der Waals surface area contributed by atoms with Gasteiger partial charge in [-0.25, -0.2) is 9.97 Å². The van der Waals surface area contributed by atoms with Crippen LogP contribution in [0.2, 0.25) is 5.02 Å². The van der Waals surface area contributed by atoms with Crippen LogP contribution in [0.4, 0.5) is 17.2 Å². The molecule has 2 amide bonds. The molecule has 2 saturated carbocycles. The summed E-state index contributed by atoms with van der Waals surface area (Å²) in [7, 11) is 0. The summed E-state index contributed by atoms with van der Waals surface area (Å²) in [6.45, 7) is 1.99. The Bertz CT molecular complexity index is 1510. The molecule has 2 fully saturated rings. The fourth-order valence-corrected chi connectivity index (χ4v) is 4.99. The van der Waals surface area contributed by atoms with Crippen molar-refractivity contribution in [3.05, 3.63) is 82.9 Å². The van der Waals surface area contributed by atoms with Gasteiger partial charge in [0.25, 0.3) is 0 Å². The highest BCUT2D eigenvalue weighted by Gasteiger charge is 2.44. The van der Waals surface area contributed by atoms with Gasteiger partial charge in [-0.2, -0.15) is 0 Å². The molecule has 0 spiro atoms. The monoisotopic (exact) mass is 514 g/mol. The van der Waals surface area contributed by atoms with Gasteiger partial charge in [0.05, 0.1) is 17.9 Å². The van der Waals surface area contributed by atoms with E-state index in [1.54, 1.807) is 6.20 Å². The van der Waals surface area contributed by atoms with Gasteiger partial charge in [0, 0.05) is 48.2 Å². The Balaban J connectivity index is 1.11. The number of pyridine rings is 2. The summed E-state index contributed by atoms with van der Waals surface area (Å²) in [5.41, 5.74) is 5.42. The average molecular weight is 515 g/mol. The van der Waals surface area contributed by atoms with Crippen molar-refractivity contribution >= 4 is 46.3 Å². The second kappa shape index (κ2) is 9.52. The molecule has 0 saturated heterocycles. The van der Waals surface area contributed by atoms with Crippen molar-refractivity contribution in [2.45, 2.75) is 44.6 Å². The summed E-state index contributed by atoms with van der Waals surface area (Å²) in [6, 6.07) is 13.4. The zero-order valence-electron chi connectivity index (χ0n) is 20.4. The number of carbonyl (C=O) groups excluding carboxylic acids is 2. The number of halogens is 1. The summed E-state index contributed by atoms with van der Waals surface area (Å²) >= 11 is 6.10. The van der Waals surface area contributed by atoms with Gasteiger partial charge >= 0.3 is 0 Å². The zero-order chi connectivity index (χ0) is 25.5. The van der Waals surface area contributed by atoms with Gasteiger partial charge < -0.3 is 20.4 Å². The molecular formula is C28H27ClN6O2. The lowest BCUT2D eigenvalue weighted by atomic mass is 10.1. The molecule has 37 heavy (non-hydrogen) atoms. The Labute approximate surface area is 219 Å². The molecule has 188 valence electrons. The quantitative estimate of drug-likeness (QED) is 0.285. The summed E-state index contributed by atoms with van der Waals surface area (Å²) in [6.07, 6.45) is 8.91. The molecule has 3 heterocycles. The Morgan fingerprint density at radius 2 is 1.95 bits per heavy atom. The van der Waals surface area contributed by atoms with Crippen LogP contribution in [0.1, 0.15) is 54.8 Å². The molecule has 0 unspecified atom stereocenters. The molecule has 6 rings (SSSR count). The van der Waals surface area contributed by atoms with Gasteiger partial charge in [-0.15, -0.1) is 0 Å². The Morgan fingerprint density at radius 3 is 2.73 bits per heavy atom. The van der Waals surface area contributed by atoms with Crippen molar-refractivity contribution < 1.29 is 9.59 Å². The number of anilines is 3. The van der Waals surface area contributed by atoms with Crippen LogP contribution in [0.15, 0.2) is 61.1 Å². The van der Waals surface area contributed by atoms with Crippen molar-refractivity contribution in [1.82, 2.24) is 14.4 Å². The number of nitrogens with zero attached hydrogens (tertiary/aromatic N) is 3. The molecule has 0 radical (unpaired) electrons. The number of carbonyl (C=O) groups is 2. The zero-order valence-corrected chi connectivity index (χ0v) is 21.1. The van der Waals surface area contributed by atoms with Gasteiger partial charge in [0.1, 0.15) is 5.82 Å². The maximum Gasteiger partial charge on any atom is 0.229 e. The molecule has 8 nitrogen and oxygen atoms in total. The fraction of sp³-hybridized carbons (Fsp3) is 0.286. The van der Waals surface area contributed by atoms with Gasteiger partial charge in [0.15, 0.2) is 5.65 Å². The first-order valence-corrected chi connectivity index (χ1v) is 12.9. The summed E-state index contributed by atoms with van der Waals surface area (Å²) < 4.78 is 1.99. The van der Waals surface area contributed by atoms with E-state index >= 15 is 0 Å². The second-order valence-electron chi connectivity index (χ2n) is 9.88. The first-order valence-electron chi connectivity index (χ1n) is 12.5. The van der Waals surface area contributed by atoms with Crippen molar-refractivity contribution in [2.75, 3.05) is 16.0 Å². The maximum atomic E-state index is 12.8. The molecule has 1 aromatic carbocycles. The number of benzene rings is 1. The van der Waals surface area contributed by atoms with Gasteiger partial charge in [0.2, 0.25) is 11.8 Å². The largest absolute Gasteiger partial charge is 0.379 e. The third-order valence-corrected chi connectivity index (χ3v) is 7.11. The molecular weight excluding hydrogens is 488 g/mol. The van der Waals surface area contributed by atoms with Crippen LogP contribution in [-0.4, -0.2) is 26.2 Å². The highest BCUT2D eigenvalue weighted by Crippen LogP contribution is 2.48. The third-order valence-electron chi connectivity index (χ3n) is 6.87. The lowest BCUT2D eigenvalue weighted by Crippen LogP contribution is -2.15. The lowest BCUT2D eigenvalue weighted by Gasteiger charge is -2.08. The maximum absolute atomic E-state index is 12.8. The van der Waals surface area contributed by atoms with Crippen LogP contribution >= 0.6 is 11.6 Å². The standard InChI is InChI=1S/C28H27ClN6O2/c1-16(36)32-25-10-19(17-5-6-17)14-35-15-22(33-27(25)35)13-31-21-7-8-30-26(11-21)34-28(37)24-12-23(24)18-3-2-4-20(29)9-18/h2-4,7-11,14-15,17,23-24H,5-6,12-13H2,1H3,(H,32,36)(H2,30,31,34,37)/t23-,24+/m1/s1. The first kappa shape index (κ1) is 23.5. The van der Waals surface area contributed by atoms with Crippen molar-refractivity contribution in [3.8, 4) is 0 Å². The number of rotatable bonds is 8. The predicted octanol–water partition coefficient (Wildman–Crippen LogP) is 5.57. The molecule has 0 aliphatic heterocycles. The molecule has 2 atom stereocenters. The van der Waals surface area contributed by atoms with E-state index in [2.05, 4.69) is 27.1 Å². The molecule has 2 aliphatic rings. The Kier molecular flexibility index (Phi) is 6.04. The van der Waals surface area contributed by atoms with Crippen molar-refractivity contribution in [1.29, 1.82) is 0 Å². The van der Waals surface area contributed by atoms with Crippen LogP contribution in [0.5, 0.6) is 0 Å². The topological polar surface area (TPSA) is 100 Å². The van der Waals surface area contributed by atoms with Crippen LogP contribution < -0.4 is 16.0 Å². The van der Waals surface area contributed by atoms with E-state index in [0.717, 1.165) is 34.7 Å². The Morgan fingerprint density at radius 1 is 1.08 bits per heavy atom. The minimum atomic E-state index is -0.117. The minimum Gasteiger partial charge on any atom is -0.379 e. The second-order valence-corrected chi connectivity index (χ2v) is 10.3. The normalized spacial score (nSPS) is 18.4. The van der Waals surface area contributed by atoms with Crippen LogP contribution in [-0.2, 0) is 16.1 Å². The molecule has 3 N–H and O–H groups in total. The van der Waals surface area contributed by atoms with E-state index in [-0.39, 0.29) is 23.7 Å². The first-order chi connectivity index (χ1) is 17.9. The highest BCUT2D eigenvalue weighted by molar-refractivity contribution is 6.30. The molecule has 0 bridgehead atoms. The number of fused-ring (bicyclic) bond motifs is 1. The number of amides is 2. The summed E-state index contributed by atoms with van der Waals surface area (Å²) in [5.74, 6) is 1.03. The predicted molar refractivity (Wildman–Crippen MR) is 144 cm³/mol. The SMILES string of the molecule is CC(=O)Nc1cc(C2CC2)cn2cc(CNc3ccnc(NC(=O)[C@H]4C[C@@H]4c4cccc(Cl)c4)c3)nc12. The molecule has 4 aromatic rings. The molecule has 2 aliphatic carbocycles. The smallest absolute Gasteiger partial charge is 0.229 e. The van der Waals surface area contributed by atoms with Gasteiger partial charge in [-0.05, 0) is 66.5 Å². The van der Waals surface area contributed by atoms with E-state index in [9.17, 15) is 9.59 Å². The summed E-state index contributed by atoms with van der Waals surface area (Å²) in [4.78, 5) is 33.5. The van der Waals surface area contributed by atoms with E-state index < -0.39 is 0 Å². The van der Waals surface area contributed by atoms with E-state index in [1.807, 2.05) is 53.1 Å². The number of nitrogens with one attached hydrogen (secondary N) is 3. The van der Waals surface area contributed by atoms with Crippen molar-refractivity contribution in [2.24, 2.45) is 5.92 Å². The van der Waals surface area contributed by atoms with E-state index in [4.69, 9.17) is 16.6 Å².